The van der Waals surface area contributed by atoms with Gasteiger partial charge in [0.05, 0.1) is 17.8 Å². The van der Waals surface area contributed by atoms with Gasteiger partial charge in [-0.25, -0.2) is 9.37 Å². The van der Waals surface area contributed by atoms with Crippen molar-refractivity contribution in [3.8, 4) is 0 Å². The number of carbonyl (C=O) groups is 1. The van der Waals surface area contributed by atoms with Crippen molar-refractivity contribution in [2.45, 2.75) is 25.1 Å². The Hall–Kier alpha value is -1.99. The molecule has 0 radical (unpaired) electrons. The van der Waals surface area contributed by atoms with Crippen LogP contribution in [0.25, 0.3) is 5.65 Å². The Morgan fingerprint density at radius 1 is 1.60 bits per heavy atom. The van der Waals surface area contributed by atoms with Crippen LogP contribution in [0.3, 0.4) is 0 Å². The van der Waals surface area contributed by atoms with E-state index >= 15 is 0 Å². The van der Waals surface area contributed by atoms with Gasteiger partial charge in [-0.1, -0.05) is 0 Å². The number of carbonyl (C=O) groups excluding carboxylic acids is 1. The maximum atomic E-state index is 13.6. The number of aromatic nitrogens is 2. The van der Waals surface area contributed by atoms with E-state index in [4.69, 9.17) is 5.73 Å². The standard InChI is InChI=1S/C13H15FN4O2/c14-10-2-1-3-17-5-8(16-13(10)17)6-18-7-9(19)4-11(18)12(15)20/h1-3,5,9,11,19H,4,6-7H2,(H2,15,20)/t9-,11+/m1/s1. The lowest BCUT2D eigenvalue weighted by Gasteiger charge is -2.19. The summed E-state index contributed by atoms with van der Waals surface area (Å²) in [6, 6.07) is 2.44. The highest BCUT2D eigenvalue weighted by atomic mass is 19.1. The molecule has 0 bridgehead atoms. The third-order valence-electron chi connectivity index (χ3n) is 3.56. The number of pyridine rings is 1. The topological polar surface area (TPSA) is 83.9 Å². The quantitative estimate of drug-likeness (QED) is 0.821. The van der Waals surface area contributed by atoms with Gasteiger partial charge in [0.15, 0.2) is 11.5 Å². The highest BCUT2D eigenvalue weighted by molar-refractivity contribution is 5.80. The number of rotatable bonds is 3. The molecule has 0 spiro atoms. The predicted octanol–water partition coefficient (Wildman–Crippen LogP) is -0.106. The number of primary amides is 1. The molecule has 0 unspecified atom stereocenters. The molecule has 2 aromatic heterocycles. The molecule has 2 aromatic rings. The van der Waals surface area contributed by atoms with Crippen LogP contribution in [0.5, 0.6) is 0 Å². The molecule has 1 aliphatic rings. The van der Waals surface area contributed by atoms with Crippen LogP contribution >= 0.6 is 0 Å². The zero-order valence-electron chi connectivity index (χ0n) is 10.7. The Kier molecular flexibility index (Phi) is 3.15. The summed E-state index contributed by atoms with van der Waals surface area (Å²) in [6.45, 7) is 0.718. The first-order valence-electron chi connectivity index (χ1n) is 6.38. The molecule has 7 heteroatoms. The summed E-state index contributed by atoms with van der Waals surface area (Å²) in [5.41, 5.74) is 6.21. The fraction of sp³-hybridized carbons (Fsp3) is 0.385. The SMILES string of the molecule is NC(=O)[C@@H]1C[C@@H](O)CN1Cc1cn2cccc(F)c2n1. The molecule has 1 amide bonds. The Morgan fingerprint density at radius 3 is 3.10 bits per heavy atom. The summed E-state index contributed by atoms with van der Waals surface area (Å²) in [5.74, 6) is -0.858. The van der Waals surface area contributed by atoms with Crippen molar-refractivity contribution in [2.24, 2.45) is 5.73 Å². The monoisotopic (exact) mass is 278 g/mol. The summed E-state index contributed by atoms with van der Waals surface area (Å²) in [4.78, 5) is 17.3. The van der Waals surface area contributed by atoms with E-state index in [0.29, 0.717) is 25.2 Å². The van der Waals surface area contributed by atoms with Crippen LogP contribution in [0.15, 0.2) is 24.5 Å². The number of nitrogens with two attached hydrogens (primary N) is 1. The summed E-state index contributed by atoms with van der Waals surface area (Å²) < 4.78 is 15.2. The van der Waals surface area contributed by atoms with Crippen LogP contribution in [0.1, 0.15) is 12.1 Å². The highest BCUT2D eigenvalue weighted by Gasteiger charge is 2.34. The van der Waals surface area contributed by atoms with Crippen molar-refractivity contribution in [1.29, 1.82) is 0 Å². The zero-order valence-corrected chi connectivity index (χ0v) is 10.7. The number of fused-ring (bicyclic) bond motifs is 1. The Labute approximate surface area is 114 Å². The number of imidazole rings is 1. The fourth-order valence-electron chi connectivity index (χ4n) is 2.66. The molecule has 3 N–H and O–H groups in total. The summed E-state index contributed by atoms with van der Waals surface area (Å²) >= 11 is 0. The maximum Gasteiger partial charge on any atom is 0.234 e. The van der Waals surface area contributed by atoms with Crippen LogP contribution in [0.4, 0.5) is 4.39 Å². The molecule has 106 valence electrons. The molecular formula is C13H15FN4O2. The Balaban J connectivity index is 1.85. The van der Waals surface area contributed by atoms with Crippen molar-refractivity contribution < 1.29 is 14.3 Å². The van der Waals surface area contributed by atoms with E-state index in [1.807, 2.05) is 0 Å². The Morgan fingerprint density at radius 2 is 2.40 bits per heavy atom. The first kappa shape index (κ1) is 13.0. The van der Waals surface area contributed by atoms with E-state index < -0.39 is 23.9 Å². The minimum Gasteiger partial charge on any atom is -0.392 e. The van der Waals surface area contributed by atoms with Crippen molar-refractivity contribution in [3.05, 3.63) is 36.0 Å². The van der Waals surface area contributed by atoms with Gasteiger partial charge in [0.1, 0.15) is 0 Å². The van der Waals surface area contributed by atoms with E-state index in [-0.39, 0.29) is 5.65 Å². The van der Waals surface area contributed by atoms with Crippen LogP contribution in [0.2, 0.25) is 0 Å². The van der Waals surface area contributed by atoms with Gasteiger partial charge in [-0.3, -0.25) is 9.69 Å². The van der Waals surface area contributed by atoms with E-state index in [1.54, 1.807) is 27.8 Å². The molecule has 1 fully saturated rings. The number of halogens is 1. The van der Waals surface area contributed by atoms with E-state index in [9.17, 15) is 14.3 Å². The van der Waals surface area contributed by atoms with Gasteiger partial charge in [0.25, 0.3) is 0 Å². The predicted molar refractivity (Wildman–Crippen MR) is 69.2 cm³/mol. The van der Waals surface area contributed by atoms with Crippen LogP contribution in [-0.2, 0) is 11.3 Å². The number of aliphatic hydroxyl groups excluding tert-OH is 1. The third kappa shape index (κ3) is 2.25. The second-order valence-electron chi connectivity index (χ2n) is 5.06. The van der Waals surface area contributed by atoms with Crippen molar-refractivity contribution in [3.63, 3.8) is 0 Å². The summed E-state index contributed by atoms with van der Waals surface area (Å²) in [5, 5.41) is 9.65. The largest absolute Gasteiger partial charge is 0.392 e. The molecule has 0 aliphatic carbocycles. The molecule has 20 heavy (non-hydrogen) atoms. The number of amides is 1. The number of β-amino-alcohol motifs (C(OH)–C–C–N with tert-alkyl or cyclic N) is 1. The number of hydrogen-bond donors (Lipinski definition) is 2. The molecule has 2 atom stereocenters. The number of aliphatic hydroxyl groups is 1. The van der Waals surface area contributed by atoms with Crippen molar-refractivity contribution in [2.75, 3.05) is 6.54 Å². The third-order valence-corrected chi connectivity index (χ3v) is 3.56. The first-order chi connectivity index (χ1) is 9.54. The van der Waals surface area contributed by atoms with E-state index in [1.165, 1.54) is 6.07 Å². The summed E-state index contributed by atoms with van der Waals surface area (Å²) in [7, 11) is 0. The lowest BCUT2D eigenvalue weighted by Crippen LogP contribution is -2.39. The molecule has 1 saturated heterocycles. The van der Waals surface area contributed by atoms with Crippen molar-refractivity contribution >= 4 is 11.6 Å². The normalized spacial score (nSPS) is 23.5. The van der Waals surface area contributed by atoms with Gasteiger partial charge in [-0.2, -0.15) is 0 Å². The minimum absolute atomic E-state index is 0.248. The number of likely N-dealkylation sites (tertiary alicyclic amines) is 1. The molecule has 1 aliphatic heterocycles. The number of hydrogen-bond acceptors (Lipinski definition) is 4. The van der Waals surface area contributed by atoms with Gasteiger partial charge in [0, 0.05) is 25.5 Å². The molecule has 3 rings (SSSR count). The molecule has 3 heterocycles. The lowest BCUT2D eigenvalue weighted by atomic mass is 10.2. The van der Waals surface area contributed by atoms with Gasteiger partial charge in [0.2, 0.25) is 5.91 Å². The second kappa shape index (κ2) is 4.84. The lowest BCUT2D eigenvalue weighted by molar-refractivity contribution is -0.122. The molecule has 0 aromatic carbocycles. The Bertz CT molecular complexity index is 657. The zero-order chi connectivity index (χ0) is 14.3. The van der Waals surface area contributed by atoms with E-state index in [0.717, 1.165) is 0 Å². The fourth-order valence-corrected chi connectivity index (χ4v) is 2.66. The smallest absolute Gasteiger partial charge is 0.234 e. The number of nitrogens with zero attached hydrogens (tertiary/aromatic N) is 3. The maximum absolute atomic E-state index is 13.6. The van der Waals surface area contributed by atoms with Crippen molar-refractivity contribution in [1.82, 2.24) is 14.3 Å². The molecular weight excluding hydrogens is 263 g/mol. The average Bonchev–Trinajstić information content (AvgIpc) is 2.94. The average molecular weight is 278 g/mol. The van der Waals surface area contributed by atoms with Crippen LogP contribution < -0.4 is 5.73 Å². The van der Waals surface area contributed by atoms with Crippen LogP contribution in [-0.4, -0.2) is 44.0 Å². The molecule has 6 nitrogen and oxygen atoms in total. The van der Waals surface area contributed by atoms with Gasteiger partial charge >= 0.3 is 0 Å². The van der Waals surface area contributed by atoms with Gasteiger partial charge in [-0.05, 0) is 18.6 Å². The summed E-state index contributed by atoms with van der Waals surface area (Å²) in [6.07, 6.45) is 3.18. The highest BCUT2D eigenvalue weighted by Crippen LogP contribution is 2.20. The first-order valence-corrected chi connectivity index (χ1v) is 6.38. The van der Waals surface area contributed by atoms with E-state index in [2.05, 4.69) is 4.98 Å². The second-order valence-corrected chi connectivity index (χ2v) is 5.06. The van der Waals surface area contributed by atoms with Gasteiger partial charge < -0.3 is 15.2 Å². The molecule has 0 saturated carbocycles. The minimum atomic E-state index is -0.568. The van der Waals surface area contributed by atoms with Gasteiger partial charge in [-0.15, -0.1) is 0 Å². The van der Waals surface area contributed by atoms with Crippen LogP contribution in [0, 0.1) is 5.82 Å².